The molecule has 4 aromatic carbocycles. The Bertz CT molecular complexity index is 1040. The van der Waals surface area contributed by atoms with Crippen LogP contribution in [0.2, 0.25) is 0 Å². The monoisotopic (exact) mass is 439 g/mol. The molecule has 0 bridgehead atoms. The molecule has 0 radical (unpaired) electrons. The molecular weight excluding hydrogens is 411 g/mol. The molecule has 4 rings (SSSR count). The SMILES string of the molecule is CC(C)OC(=O)c1ccc(C[P+](c2ccccc2)(c2ccccc2)c2ccccc2)cc1. The fourth-order valence-corrected chi connectivity index (χ4v) is 8.31. The minimum Gasteiger partial charge on any atom is -0.459 e. The van der Waals surface area contributed by atoms with Crippen LogP contribution in [-0.2, 0) is 10.9 Å². The van der Waals surface area contributed by atoms with Gasteiger partial charge in [0.2, 0.25) is 0 Å². The highest BCUT2D eigenvalue weighted by Crippen LogP contribution is 2.58. The first-order valence-corrected chi connectivity index (χ1v) is 12.9. The third-order valence-corrected chi connectivity index (χ3v) is 9.92. The average Bonchev–Trinajstić information content (AvgIpc) is 2.84. The van der Waals surface area contributed by atoms with E-state index in [0.717, 1.165) is 6.16 Å². The van der Waals surface area contributed by atoms with E-state index in [0.29, 0.717) is 5.56 Å². The number of carbonyl (C=O) groups is 1. The number of esters is 1. The highest BCUT2D eigenvalue weighted by molar-refractivity contribution is 7.95. The first kappa shape index (κ1) is 22.0. The van der Waals surface area contributed by atoms with Crippen LogP contribution >= 0.6 is 7.26 Å². The highest BCUT2D eigenvalue weighted by Gasteiger charge is 2.45. The van der Waals surface area contributed by atoms with Crippen molar-refractivity contribution in [3.8, 4) is 0 Å². The molecule has 0 saturated heterocycles. The second-order valence-electron chi connectivity index (χ2n) is 8.13. The Morgan fingerprint density at radius 2 is 1.06 bits per heavy atom. The van der Waals surface area contributed by atoms with Gasteiger partial charge in [0.25, 0.3) is 0 Å². The Hall–Kier alpha value is -3.22. The van der Waals surface area contributed by atoms with Crippen LogP contribution in [0.1, 0.15) is 29.8 Å². The van der Waals surface area contributed by atoms with E-state index < -0.39 is 7.26 Å². The van der Waals surface area contributed by atoms with Crippen molar-refractivity contribution in [2.24, 2.45) is 0 Å². The van der Waals surface area contributed by atoms with Crippen molar-refractivity contribution in [1.82, 2.24) is 0 Å². The third kappa shape index (κ3) is 4.66. The molecule has 0 atom stereocenters. The number of carbonyl (C=O) groups excluding carboxylic acids is 1. The molecular formula is C29H28O2P+. The summed E-state index contributed by atoms with van der Waals surface area (Å²) in [6.45, 7) is 3.73. The summed E-state index contributed by atoms with van der Waals surface area (Å²) in [5, 5.41) is 4.04. The van der Waals surface area contributed by atoms with Crippen molar-refractivity contribution in [1.29, 1.82) is 0 Å². The van der Waals surface area contributed by atoms with Crippen LogP contribution in [0.25, 0.3) is 0 Å². The molecule has 4 aromatic rings. The van der Waals surface area contributed by atoms with Gasteiger partial charge < -0.3 is 4.74 Å². The zero-order chi connectivity index (χ0) is 22.4. The standard InChI is InChI=1S/C29H28O2P/c1-23(2)31-29(30)25-20-18-24(19-21-25)22-32(26-12-6-3-7-13-26,27-14-8-4-9-15-27)28-16-10-5-11-17-28/h3-21,23H,22H2,1-2H3/q+1. The summed E-state index contributed by atoms with van der Waals surface area (Å²) in [5.41, 5.74) is 1.79. The lowest BCUT2D eigenvalue weighted by Gasteiger charge is -2.28. The molecule has 0 spiro atoms. The predicted molar refractivity (Wildman–Crippen MR) is 136 cm³/mol. The number of rotatable bonds is 7. The Labute approximate surface area is 191 Å². The summed E-state index contributed by atoms with van der Waals surface area (Å²) in [4.78, 5) is 12.3. The van der Waals surface area contributed by atoms with Crippen LogP contribution in [0.15, 0.2) is 115 Å². The van der Waals surface area contributed by atoms with Crippen molar-refractivity contribution in [2.45, 2.75) is 26.1 Å². The summed E-state index contributed by atoms with van der Waals surface area (Å²) < 4.78 is 5.35. The zero-order valence-corrected chi connectivity index (χ0v) is 19.4. The van der Waals surface area contributed by atoms with E-state index >= 15 is 0 Å². The lowest BCUT2D eigenvalue weighted by atomic mass is 10.1. The molecule has 0 heterocycles. The molecule has 0 amide bonds. The summed E-state index contributed by atoms with van der Waals surface area (Å²) in [7, 11) is -1.95. The maximum absolute atomic E-state index is 12.3. The maximum Gasteiger partial charge on any atom is 0.338 e. The van der Waals surface area contributed by atoms with Gasteiger partial charge in [-0.25, -0.2) is 4.79 Å². The summed E-state index contributed by atoms with van der Waals surface area (Å²) >= 11 is 0. The van der Waals surface area contributed by atoms with Crippen molar-refractivity contribution in [3.63, 3.8) is 0 Å². The number of ether oxygens (including phenoxy) is 1. The number of hydrogen-bond acceptors (Lipinski definition) is 2. The van der Waals surface area contributed by atoms with Gasteiger partial charge in [-0.1, -0.05) is 66.7 Å². The lowest BCUT2D eigenvalue weighted by Crippen LogP contribution is -2.32. The Morgan fingerprint density at radius 3 is 1.44 bits per heavy atom. The fourth-order valence-electron chi connectivity index (χ4n) is 4.07. The molecule has 160 valence electrons. The van der Waals surface area contributed by atoms with Gasteiger partial charge in [-0.3, -0.25) is 0 Å². The lowest BCUT2D eigenvalue weighted by molar-refractivity contribution is 0.0378. The molecule has 0 aliphatic carbocycles. The second kappa shape index (κ2) is 9.94. The van der Waals surface area contributed by atoms with Crippen LogP contribution in [-0.4, -0.2) is 12.1 Å². The van der Waals surface area contributed by atoms with Crippen LogP contribution in [0.3, 0.4) is 0 Å². The van der Waals surface area contributed by atoms with Crippen molar-refractivity contribution < 1.29 is 9.53 Å². The van der Waals surface area contributed by atoms with E-state index in [9.17, 15) is 4.79 Å². The minimum absolute atomic E-state index is 0.130. The predicted octanol–water partition coefficient (Wildman–Crippen LogP) is 5.75. The molecule has 0 N–H and O–H groups in total. The van der Waals surface area contributed by atoms with Crippen LogP contribution in [0.4, 0.5) is 0 Å². The largest absolute Gasteiger partial charge is 0.459 e. The topological polar surface area (TPSA) is 26.3 Å². The molecule has 0 fully saturated rings. The van der Waals surface area contributed by atoms with Crippen LogP contribution in [0, 0.1) is 0 Å². The van der Waals surface area contributed by atoms with E-state index in [1.54, 1.807) is 0 Å². The average molecular weight is 440 g/mol. The van der Waals surface area contributed by atoms with Gasteiger partial charge in [-0.2, -0.15) is 0 Å². The Morgan fingerprint density at radius 1 is 0.656 bits per heavy atom. The molecule has 0 unspecified atom stereocenters. The second-order valence-corrected chi connectivity index (χ2v) is 11.6. The molecule has 3 heteroatoms. The maximum atomic E-state index is 12.3. The summed E-state index contributed by atoms with van der Waals surface area (Å²) in [5.74, 6) is -0.276. The normalized spacial score (nSPS) is 11.3. The van der Waals surface area contributed by atoms with Gasteiger partial charge in [0, 0.05) is 0 Å². The molecule has 0 aromatic heterocycles. The summed E-state index contributed by atoms with van der Waals surface area (Å²) in [6.07, 6.45) is 0.750. The number of hydrogen-bond donors (Lipinski definition) is 0. The zero-order valence-electron chi connectivity index (χ0n) is 18.5. The molecule has 32 heavy (non-hydrogen) atoms. The van der Waals surface area contributed by atoms with E-state index in [1.165, 1.54) is 21.5 Å². The summed E-state index contributed by atoms with van der Waals surface area (Å²) in [6, 6.07) is 40.4. The van der Waals surface area contributed by atoms with Crippen LogP contribution in [0.5, 0.6) is 0 Å². The molecule has 2 nitrogen and oxygen atoms in total. The van der Waals surface area contributed by atoms with Crippen molar-refractivity contribution >= 4 is 29.1 Å². The van der Waals surface area contributed by atoms with E-state index in [4.69, 9.17) is 4.74 Å². The Kier molecular flexibility index (Phi) is 6.83. The molecule has 0 saturated carbocycles. The van der Waals surface area contributed by atoms with Crippen molar-refractivity contribution in [2.75, 3.05) is 0 Å². The number of benzene rings is 4. The highest BCUT2D eigenvalue weighted by atomic mass is 31.2. The smallest absolute Gasteiger partial charge is 0.338 e. The van der Waals surface area contributed by atoms with Crippen molar-refractivity contribution in [3.05, 3.63) is 126 Å². The first-order chi connectivity index (χ1) is 15.6. The van der Waals surface area contributed by atoms with E-state index in [-0.39, 0.29) is 12.1 Å². The molecule has 0 aliphatic rings. The van der Waals surface area contributed by atoms with Gasteiger partial charge >= 0.3 is 5.97 Å². The van der Waals surface area contributed by atoms with E-state index in [2.05, 4.69) is 103 Å². The van der Waals surface area contributed by atoms with Gasteiger partial charge in [-0.05, 0) is 67.9 Å². The minimum atomic E-state index is -1.95. The third-order valence-electron chi connectivity index (χ3n) is 5.54. The van der Waals surface area contributed by atoms with Gasteiger partial charge in [0.15, 0.2) is 0 Å². The fraction of sp³-hybridized carbons (Fsp3) is 0.138. The Balaban J connectivity index is 1.82. The van der Waals surface area contributed by atoms with Gasteiger partial charge in [0.05, 0.1) is 17.8 Å². The van der Waals surface area contributed by atoms with Gasteiger partial charge in [0.1, 0.15) is 23.2 Å². The van der Waals surface area contributed by atoms with Crippen LogP contribution < -0.4 is 15.9 Å². The van der Waals surface area contributed by atoms with Gasteiger partial charge in [-0.15, -0.1) is 0 Å². The first-order valence-electron chi connectivity index (χ1n) is 10.9. The van der Waals surface area contributed by atoms with E-state index in [1.807, 2.05) is 26.0 Å². The molecule has 0 aliphatic heterocycles. The quantitative estimate of drug-likeness (QED) is 0.271.